The Bertz CT molecular complexity index is 398. The Morgan fingerprint density at radius 3 is 2.86 bits per heavy atom. The van der Waals surface area contributed by atoms with Crippen molar-refractivity contribution in [1.29, 1.82) is 0 Å². The lowest BCUT2D eigenvalue weighted by molar-refractivity contribution is -0.124. The molecule has 1 aromatic rings. The number of rotatable bonds is 0. The third kappa shape index (κ3) is 1.39. The molecule has 0 spiro atoms. The molecule has 0 aromatic heterocycles. The average molecular weight is 193 g/mol. The van der Waals surface area contributed by atoms with Gasteiger partial charge in [0.05, 0.1) is 0 Å². The van der Waals surface area contributed by atoms with Crippen LogP contribution in [0.3, 0.4) is 0 Å². The molecule has 0 unspecified atom stereocenters. The van der Waals surface area contributed by atoms with Crippen LogP contribution in [-0.2, 0) is 11.2 Å². The Labute approximate surface area is 82.1 Å². The van der Waals surface area contributed by atoms with Crippen LogP contribution in [0.5, 0.6) is 0 Å². The molecule has 1 aliphatic heterocycles. The topological polar surface area (TPSA) is 29.1 Å². The predicted octanol–water partition coefficient (Wildman–Crippen LogP) is 2.35. The number of hydrogen-bond donors (Lipinski definition) is 1. The molecule has 3 heteroatoms. The van der Waals surface area contributed by atoms with Crippen molar-refractivity contribution in [2.75, 3.05) is 5.32 Å². The van der Waals surface area contributed by atoms with E-state index in [1.54, 1.807) is 6.07 Å². The van der Waals surface area contributed by atoms with Gasteiger partial charge in [-0.1, -0.05) is 19.9 Å². The number of carbonyl (C=O) groups excluding carboxylic acids is 1. The van der Waals surface area contributed by atoms with Crippen molar-refractivity contribution in [3.8, 4) is 0 Å². The van der Waals surface area contributed by atoms with Crippen molar-refractivity contribution in [3.05, 3.63) is 29.6 Å². The van der Waals surface area contributed by atoms with E-state index in [9.17, 15) is 9.18 Å². The van der Waals surface area contributed by atoms with Gasteiger partial charge >= 0.3 is 0 Å². The van der Waals surface area contributed by atoms with E-state index in [1.807, 2.05) is 13.8 Å². The maximum atomic E-state index is 12.9. The van der Waals surface area contributed by atoms with Crippen LogP contribution in [0.4, 0.5) is 10.1 Å². The molecule has 1 N–H and O–H groups in total. The van der Waals surface area contributed by atoms with Crippen LogP contribution in [0.15, 0.2) is 18.2 Å². The molecule has 0 atom stereocenters. The average Bonchev–Trinajstić information content (AvgIpc) is 2.08. The first-order valence-electron chi connectivity index (χ1n) is 4.59. The second-order valence-electron chi connectivity index (χ2n) is 4.32. The first-order valence-corrected chi connectivity index (χ1v) is 4.59. The molecule has 1 amide bonds. The van der Waals surface area contributed by atoms with E-state index in [4.69, 9.17) is 0 Å². The van der Waals surface area contributed by atoms with Gasteiger partial charge in [-0.2, -0.15) is 0 Å². The van der Waals surface area contributed by atoms with Crippen LogP contribution in [0.25, 0.3) is 0 Å². The fourth-order valence-corrected chi connectivity index (χ4v) is 1.67. The highest BCUT2D eigenvalue weighted by atomic mass is 19.1. The zero-order valence-electron chi connectivity index (χ0n) is 8.23. The molecule has 2 rings (SSSR count). The zero-order chi connectivity index (χ0) is 10.3. The van der Waals surface area contributed by atoms with E-state index in [2.05, 4.69) is 5.32 Å². The number of nitrogens with one attached hydrogen (secondary N) is 1. The second kappa shape index (κ2) is 2.80. The first-order chi connectivity index (χ1) is 6.49. The lowest BCUT2D eigenvalue weighted by Crippen LogP contribution is -2.37. The summed E-state index contributed by atoms with van der Waals surface area (Å²) < 4.78 is 12.9. The minimum absolute atomic E-state index is 0.0457. The normalized spacial score (nSPS) is 18.6. The van der Waals surface area contributed by atoms with Gasteiger partial charge in [-0.25, -0.2) is 4.39 Å². The largest absolute Gasteiger partial charge is 0.325 e. The molecular weight excluding hydrogens is 181 g/mol. The van der Waals surface area contributed by atoms with Crippen molar-refractivity contribution in [1.82, 2.24) is 0 Å². The van der Waals surface area contributed by atoms with Gasteiger partial charge in [0.1, 0.15) is 5.82 Å². The van der Waals surface area contributed by atoms with Crippen LogP contribution in [0, 0.1) is 11.2 Å². The Kier molecular flexibility index (Phi) is 1.84. The van der Waals surface area contributed by atoms with E-state index < -0.39 is 5.41 Å². The van der Waals surface area contributed by atoms with Crippen molar-refractivity contribution in [2.45, 2.75) is 20.3 Å². The number of benzene rings is 1. The minimum Gasteiger partial charge on any atom is -0.325 e. The van der Waals surface area contributed by atoms with Crippen LogP contribution in [0.2, 0.25) is 0 Å². The maximum absolute atomic E-state index is 12.9. The van der Waals surface area contributed by atoms with Crippen LogP contribution in [0.1, 0.15) is 19.4 Å². The number of hydrogen-bond acceptors (Lipinski definition) is 1. The Hall–Kier alpha value is -1.38. The lowest BCUT2D eigenvalue weighted by atomic mass is 9.81. The van der Waals surface area contributed by atoms with Crippen LogP contribution >= 0.6 is 0 Å². The van der Waals surface area contributed by atoms with E-state index in [0.29, 0.717) is 12.1 Å². The lowest BCUT2D eigenvalue weighted by Gasteiger charge is -2.30. The monoisotopic (exact) mass is 193 g/mol. The summed E-state index contributed by atoms with van der Waals surface area (Å²) in [6.07, 6.45) is 0.661. The van der Waals surface area contributed by atoms with Crippen molar-refractivity contribution < 1.29 is 9.18 Å². The highest BCUT2D eigenvalue weighted by Gasteiger charge is 2.33. The molecular formula is C11H12FNO. The molecule has 74 valence electrons. The summed E-state index contributed by atoms with van der Waals surface area (Å²) in [6, 6.07) is 4.51. The first kappa shape index (κ1) is 9.19. The second-order valence-corrected chi connectivity index (χ2v) is 4.32. The van der Waals surface area contributed by atoms with Gasteiger partial charge in [0.2, 0.25) is 5.91 Å². The number of anilines is 1. The zero-order valence-corrected chi connectivity index (χ0v) is 8.23. The van der Waals surface area contributed by atoms with Crippen molar-refractivity contribution in [3.63, 3.8) is 0 Å². The summed E-state index contributed by atoms with van der Waals surface area (Å²) in [4.78, 5) is 11.6. The van der Waals surface area contributed by atoms with E-state index in [0.717, 1.165) is 5.56 Å². The van der Waals surface area contributed by atoms with Gasteiger partial charge in [-0.05, 0) is 24.1 Å². The predicted molar refractivity (Wildman–Crippen MR) is 52.5 cm³/mol. The minimum atomic E-state index is -0.398. The molecule has 0 saturated carbocycles. The molecule has 0 saturated heterocycles. The van der Waals surface area contributed by atoms with Gasteiger partial charge in [0.25, 0.3) is 0 Å². The summed E-state index contributed by atoms with van der Waals surface area (Å²) in [6.45, 7) is 3.77. The fourth-order valence-electron chi connectivity index (χ4n) is 1.67. The van der Waals surface area contributed by atoms with Crippen LogP contribution in [-0.4, -0.2) is 5.91 Å². The van der Waals surface area contributed by atoms with E-state index in [1.165, 1.54) is 12.1 Å². The Balaban J connectivity index is 2.46. The van der Waals surface area contributed by atoms with E-state index in [-0.39, 0.29) is 11.7 Å². The number of carbonyl (C=O) groups is 1. The van der Waals surface area contributed by atoms with Gasteiger partial charge in [0, 0.05) is 11.1 Å². The molecule has 14 heavy (non-hydrogen) atoms. The number of halogens is 1. The smallest absolute Gasteiger partial charge is 0.230 e. The molecule has 0 radical (unpaired) electrons. The summed E-state index contributed by atoms with van der Waals surface area (Å²) in [5.74, 6) is -0.362. The number of fused-ring (bicyclic) bond motifs is 1. The molecule has 1 aliphatic rings. The highest BCUT2D eigenvalue weighted by molar-refractivity contribution is 5.97. The molecule has 1 heterocycles. The molecule has 1 aromatic carbocycles. The van der Waals surface area contributed by atoms with Gasteiger partial charge in [-0.3, -0.25) is 4.79 Å². The summed E-state index contributed by atoms with van der Waals surface area (Å²) >= 11 is 0. The quantitative estimate of drug-likeness (QED) is 0.673. The molecule has 2 nitrogen and oxygen atoms in total. The molecule has 0 aliphatic carbocycles. The van der Waals surface area contributed by atoms with Gasteiger partial charge in [0.15, 0.2) is 0 Å². The van der Waals surface area contributed by atoms with Crippen molar-refractivity contribution >= 4 is 11.6 Å². The van der Waals surface area contributed by atoms with E-state index >= 15 is 0 Å². The number of amides is 1. The highest BCUT2D eigenvalue weighted by Crippen LogP contribution is 2.33. The van der Waals surface area contributed by atoms with Gasteiger partial charge in [-0.15, -0.1) is 0 Å². The fraction of sp³-hybridized carbons (Fsp3) is 0.364. The molecule has 0 fully saturated rings. The van der Waals surface area contributed by atoms with Crippen LogP contribution < -0.4 is 5.32 Å². The summed E-state index contributed by atoms with van der Waals surface area (Å²) in [5.41, 5.74) is 1.20. The van der Waals surface area contributed by atoms with Crippen molar-refractivity contribution in [2.24, 2.45) is 5.41 Å². The summed E-state index contributed by atoms with van der Waals surface area (Å²) in [5, 5.41) is 2.71. The SMILES string of the molecule is CC1(C)Cc2ccc(F)cc2NC1=O. The summed E-state index contributed by atoms with van der Waals surface area (Å²) in [7, 11) is 0. The van der Waals surface area contributed by atoms with Gasteiger partial charge < -0.3 is 5.32 Å². The Morgan fingerprint density at radius 1 is 1.43 bits per heavy atom. The maximum Gasteiger partial charge on any atom is 0.230 e. The Morgan fingerprint density at radius 2 is 2.14 bits per heavy atom. The third-order valence-corrected chi connectivity index (χ3v) is 2.57. The third-order valence-electron chi connectivity index (χ3n) is 2.57. The standard InChI is InChI=1S/C11H12FNO/c1-11(2)6-7-3-4-8(12)5-9(7)13-10(11)14/h3-5H,6H2,1-2H3,(H,13,14). The molecule has 0 bridgehead atoms.